The first-order chi connectivity index (χ1) is 15.0. The maximum absolute atomic E-state index is 12.9. The highest BCUT2D eigenvalue weighted by Gasteiger charge is 2.33. The van der Waals surface area contributed by atoms with Crippen molar-refractivity contribution in [3.8, 4) is 5.75 Å². The summed E-state index contributed by atoms with van der Waals surface area (Å²) < 4.78 is 5.39. The predicted octanol–water partition coefficient (Wildman–Crippen LogP) is 2.90. The van der Waals surface area contributed by atoms with Crippen LogP contribution in [0.5, 0.6) is 5.75 Å². The quantitative estimate of drug-likeness (QED) is 0.744. The maximum Gasteiger partial charge on any atom is 0.325 e. The zero-order valence-corrected chi connectivity index (χ0v) is 18.5. The molecule has 2 aromatic rings. The summed E-state index contributed by atoms with van der Waals surface area (Å²) in [5.74, 6) is 0.669. The first-order valence-corrected chi connectivity index (χ1v) is 10.8. The van der Waals surface area contributed by atoms with E-state index in [1.165, 1.54) is 16.8 Å². The molecule has 7 nitrogen and oxygen atoms in total. The molecule has 0 N–H and O–H groups in total. The fourth-order valence-electron chi connectivity index (χ4n) is 4.33. The molecule has 2 heterocycles. The number of methoxy groups -OCH3 is 1. The second-order valence-corrected chi connectivity index (χ2v) is 8.19. The molecule has 2 aromatic carbocycles. The van der Waals surface area contributed by atoms with Gasteiger partial charge in [0, 0.05) is 45.0 Å². The van der Waals surface area contributed by atoms with Crippen molar-refractivity contribution in [1.82, 2.24) is 9.80 Å². The molecule has 2 aliphatic heterocycles. The molecule has 7 heteroatoms. The third-order valence-corrected chi connectivity index (χ3v) is 6.13. The summed E-state index contributed by atoms with van der Waals surface area (Å²) in [5, 5.41) is 0. The number of rotatable bonds is 5. The number of hydrogen-bond donors (Lipinski definition) is 0. The number of aryl methyl sites for hydroxylation is 2. The predicted molar refractivity (Wildman–Crippen MR) is 122 cm³/mol. The van der Waals surface area contributed by atoms with E-state index in [0.29, 0.717) is 31.9 Å². The Morgan fingerprint density at radius 3 is 2.42 bits per heavy atom. The lowest BCUT2D eigenvalue weighted by Crippen LogP contribution is -2.51. The lowest BCUT2D eigenvalue weighted by atomic mass is 10.1. The fourth-order valence-corrected chi connectivity index (χ4v) is 4.33. The number of piperazine rings is 1. The summed E-state index contributed by atoms with van der Waals surface area (Å²) in [7, 11) is 1.60. The molecule has 0 saturated carbocycles. The molecule has 3 amide bonds. The SMILES string of the molecule is COc1ccccc1N1CCN(CC(=O)N2CCN(c3cc(C)ccc3C)CC2)C1=O. The molecule has 4 rings (SSSR count). The van der Waals surface area contributed by atoms with Gasteiger partial charge < -0.3 is 19.4 Å². The number of urea groups is 1. The van der Waals surface area contributed by atoms with Gasteiger partial charge in [-0.25, -0.2) is 4.79 Å². The smallest absolute Gasteiger partial charge is 0.325 e. The zero-order chi connectivity index (χ0) is 22.0. The van der Waals surface area contributed by atoms with Gasteiger partial charge >= 0.3 is 6.03 Å². The van der Waals surface area contributed by atoms with Gasteiger partial charge in [-0.05, 0) is 43.2 Å². The van der Waals surface area contributed by atoms with Crippen LogP contribution in [-0.2, 0) is 4.79 Å². The number of amides is 3. The second-order valence-electron chi connectivity index (χ2n) is 8.19. The van der Waals surface area contributed by atoms with Crippen LogP contribution in [0, 0.1) is 13.8 Å². The van der Waals surface area contributed by atoms with Gasteiger partial charge in [0.25, 0.3) is 0 Å². The van der Waals surface area contributed by atoms with E-state index in [9.17, 15) is 9.59 Å². The van der Waals surface area contributed by atoms with Crippen LogP contribution in [-0.4, -0.2) is 74.7 Å². The number of ether oxygens (including phenoxy) is 1. The van der Waals surface area contributed by atoms with E-state index >= 15 is 0 Å². The minimum absolute atomic E-state index is 0.0100. The van der Waals surface area contributed by atoms with Gasteiger partial charge in [0.1, 0.15) is 12.3 Å². The number of para-hydroxylation sites is 2. The molecule has 0 bridgehead atoms. The molecular weight excluding hydrogens is 392 g/mol. The largest absolute Gasteiger partial charge is 0.495 e. The van der Waals surface area contributed by atoms with Crippen molar-refractivity contribution in [2.24, 2.45) is 0 Å². The fraction of sp³-hybridized carbons (Fsp3) is 0.417. The molecule has 2 fully saturated rings. The topological polar surface area (TPSA) is 56.3 Å². The molecule has 2 aliphatic rings. The standard InChI is InChI=1S/C24H30N4O3/c1-18-8-9-19(2)21(16-18)25-10-12-26(13-11-25)23(29)17-27-14-15-28(24(27)30)20-6-4-5-7-22(20)31-3/h4-9,16H,10-15,17H2,1-3H3. The van der Waals surface area contributed by atoms with Gasteiger partial charge in [0.2, 0.25) is 5.91 Å². The van der Waals surface area contributed by atoms with Crippen molar-refractivity contribution in [2.75, 3.05) is 62.7 Å². The number of hydrogen-bond acceptors (Lipinski definition) is 4. The highest BCUT2D eigenvalue weighted by atomic mass is 16.5. The number of nitrogens with zero attached hydrogens (tertiary/aromatic N) is 4. The molecule has 0 aliphatic carbocycles. The summed E-state index contributed by atoms with van der Waals surface area (Å²) in [5.41, 5.74) is 4.48. The Hall–Kier alpha value is -3.22. The van der Waals surface area contributed by atoms with E-state index in [-0.39, 0.29) is 18.5 Å². The Labute approximate surface area is 183 Å². The molecule has 2 saturated heterocycles. The summed E-state index contributed by atoms with van der Waals surface area (Å²) in [4.78, 5) is 33.4. The number of benzene rings is 2. The summed E-state index contributed by atoms with van der Waals surface area (Å²) in [6.45, 7) is 8.37. The lowest BCUT2D eigenvalue weighted by molar-refractivity contribution is -0.131. The molecule has 0 radical (unpaired) electrons. The molecule has 0 aromatic heterocycles. The average molecular weight is 423 g/mol. The highest BCUT2D eigenvalue weighted by Crippen LogP contribution is 2.30. The van der Waals surface area contributed by atoms with Crippen molar-refractivity contribution < 1.29 is 14.3 Å². The van der Waals surface area contributed by atoms with Crippen LogP contribution in [0.25, 0.3) is 0 Å². The summed E-state index contributed by atoms with van der Waals surface area (Å²) >= 11 is 0. The van der Waals surface area contributed by atoms with Crippen LogP contribution in [0.2, 0.25) is 0 Å². The molecule has 164 valence electrons. The van der Waals surface area contributed by atoms with Gasteiger partial charge in [0.15, 0.2) is 0 Å². The van der Waals surface area contributed by atoms with Gasteiger partial charge in [-0.15, -0.1) is 0 Å². The Morgan fingerprint density at radius 1 is 0.935 bits per heavy atom. The molecule has 0 spiro atoms. The third kappa shape index (κ3) is 4.31. The van der Waals surface area contributed by atoms with E-state index < -0.39 is 0 Å². The van der Waals surface area contributed by atoms with Crippen LogP contribution in [0.15, 0.2) is 42.5 Å². The second kappa shape index (κ2) is 8.88. The molecule has 31 heavy (non-hydrogen) atoms. The summed E-state index contributed by atoms with van der Waals surface area (Å²) in [6, 6.07) is 13.8. The van der Waals surface area contributed by atoms with Crippen molar-refractivity contribution in [2.45, 2.75) is 13.8 Å². The van der Waals surface area contributed by atoms with Crippen LogP contribution < -0.4 is 14.5 Å². The molecule has 0 unspecified atom stereocenters. The van der Waals surface area contributed by atoms with Crippen LogP contribution in [0.1, 0.15) is 11.1 Å². The number of anilines is 2. The van der Waals surface area contributed by atoms with Gasteiger partial charge in [0.05, 0.1) is 12.8 Å². The van der Waals surface area contributed by atoms with E-state index in [0.717, 1.165) is 18.8 Å². The normalized spacial score (nSPS) is 16.8. The van der Waals surface area contributed by atoms with Crippen molar-refractivity contribution in [1.29, 1.82) is 0 Å². The lowest BCUT2D eigenvalue weighted by Gasteiger charge is -2.37. The monoisotopic (exact) mass is 422 g/mol. The molecular formula is C24H30N4O3. The van der Waals surface area contributed by atoms with Crippen molar-refractivity contribution in [3.63, 3.8) is 0 Å². The first kappa shape index (κ1) is 21.0. The van der Waals surface area contributed by atoms with E-state index in [2.05, 4.69) is 36.9 Å². The van der Waals surface area contributed by atoms with E-state index in [1.807, 2.05) is 29.2 Å². The number of carbonyl (C=O) groups is 2. The minimum Gasteiger partial charge on any atom is -0.495 e. The Kier molecular flexibility index (Phi) is 6.02. The Bertz CT molecular complexity index is 969. The van der Waals surface area contributed by atoms with Crippen molar-refractivity contribution >= 4 is 23.3 Å². The van der Waals surface area contributed by atoms with E-state index in [1.54, 1.807) is 16.9 Å². The van der Waals surface area contributed by atoms with Gasteiger partial charge in [-0.1, -0.05) is 24.3 Å². The average Bonchev–Trinajstić information content (AvgIpc) is 3.15. The van der Waals surface area contributed by atoms with E-state index in [4.69, 9.17) is 4.74 Å². The summed E-state index contributed by atoms with van der Waals surface area (Å²) in [6.07, 6.45) is 0. The third-order valence-electron chi connectivity index (χ3n) is 6.13. The minimum atomic E-state index is -0.146. The number of carbonyl (C=O) groups excluding carboxylic acids is 2. The van der Waals surface area contributed by atoms with Crippen LogP contribution >= 0.6 is 0 Å². The Morgan fingerprint density at radius 2 is 1.68 bits per heavy atom. The highest BCUT2D eigenvalue weighted by molar-refractivity contribution is 5.97. The van der Waals surface area contributed by atoms with Gasteiger partial charge in [-0.2, -0.15) is 0 Å². The van der Waals surface area contributed by atoms with Crippen molar-refractivity contribution in [3.05, 3.63) is 53.6 Å². The first-order valence-electron chi connectivity index (χ1n) is 10.8. The van der Waals surface area contributed by atoms with Gasteiger partial charge in [-0.3, -0.25) is 9.69 Å². The van der Waals surface area contributed by atoms with Crippen LogP contribution in [0.4, 0.5) is 16.2 Å². The maximum atomic E-state index is 12.9. The van der Waals surface area contributed by atoms with Crippen LogP contribution in [0.3, 0.4) is 0 Å². The Balaban J connectivity index is 1.34. The zero-order valence-electron chi connectivity index (χ0n) is 18.5. The molecule has 0 atom stereocenters.